The van der Waals surface area contributed by atoms with Crippen LogP contribution in [-0.2, 0) is 30.3 Å². The second-order valence-corrected chi connectivity index (χ2v) is 8.64. The number of halogens is 2. The number of hydrogen-bond donors (Lipinski definition) is 1. The molecule has 0 radical (unpaired) electrons. The van der Waals surface area contributed by atoms with Crippen LogP contribution in [0.4, 0.5) is 0 Å². The highest BCUT2D eigenvalue weighted by atomic mass is 35.5. The van der Waals surface area contributed by atoms with E-state index in [-0.39, 0.29) is 18.9 Å². The molecule has 10 heteroatoms. The largest absolute Gasteiger partial charge is 0.437 e. The van der Waals surface area contributed by atoms with Crippen LogP contribution in [0.25, 0.3) is 0 Å². The van der Waals surface area contributed by atoms with E-state index in [2.05, 4.69) is 10.2 Å². The van der Waals surface area contributed by atoms with Crippen LogP contribution in [0.1, 0.15) is 18.4 Å². The van der Waals surface area contributed by atoms with E-state index in [4.69, 9.17) is 32.7 Å². The molecule has 166 valence electrons. The van der Waals surface area contributed by atoms with Gasteiger partial charge in [0.2, 0.25) is 12.1 Å². The van der Waals surface area contributed by atoms with Gasteiger partial charge in [-0.15, -0.1) is 0 Å². The zero-order valence-electron chi connectivity index (χ0n) is 16.8. The van der Waals surface area contributed by atoms with Crippen molar-refractivity contribution >= 4 is 41.0 Å². The molecule has 1 aromatic rings. The highest BCUT2D eigenvalue weighted by Gasteiger charge is 2.55. The van der Waals surface area contributed by atoms with Gasteiger partial charge in [-0.3, -0.25) is 19.9 Å². The molecule has 0 spiro atoms. The molecule has 0 aromatic heterocycles. The van der Waals surface area contributed by atoms with E-state index in [0.717, 1.165) is 38.1 Å². The lowest BCUT2D eigenvalue weighted by atomic mass is 10.0. The minimum atomic E-state index is -1.48. The van der Waals surface area contributed by atoms with E-state index in [1.165, 1.54) is 4.90 Å². The van der Waals surface area contributed by atoms with Gasteiger partial charge < -0.3 is 9.47 Å². The number of hydrogen-bond acceptors (Lipinski definition) is 7. The average Bonchev–Trinajstić information content (AvgIpc) is 3.22. The summed E-state index contributed by atoms with van der Waals surface area (Å²) in [4.78, 5) is 41.7. The number of amides is 1. The molecule has 31 heavy (non-hydrogen) atoms. The van der Waals surface area contributed by atoms with Crippen molar-refractivity contribution in [3.63, 3.8) is 0 Å². The Bertz CT molecular complexity index is 918. The number of esters is 2. The summed E-state index contributed by atoms with van der Waals surface area (Å²) in [6.07, 6.45) is 3.13. The summed E-state index contributed by atoms with van der Waals surface area (Å²) in [5.74, 6) is -1.63. The standard InChI is InChI=1S/C21H23Cl2N3O5/c22-15-4-3-14(11-16(15)23)12-17(27)26-10-7-24-20-21(26,13-25-8-1-2-9-25)31-19(29)6-5-18(28)30-20/h3-6,11,20,24H,1-2,7-10,12-13H2/b6-5-. The van der Waals surface area contributed by atoms with Crippen LogP contribution in [0.5, 0.6) is 0 Å². The Kier molecular flexibility index (Phi) is 6.52. The predicted molar refractivity (Wildman–Crippen MR) is 113 cm³/mol. The van der Waals surface area contributed by atoms with Crippen molar-refractivity contribution in [1.29, 1.82) is 0 Å². The number of fused-ring (bicyclic) bond motifs is 1. The summed E-state index contributed by atoms with van der Waals surface area (Å²) >= 11 is 12.1. The van der Waals surface area contributed by atoms with Gasteiger partial charge in [0.15, 0.2) is 0 Å². The first-order valence-electron chi connectivity index (χ1n) is 10.2. The van der Waals surface area contributed by atoms with Crippen molar-refractivity contribution in [3.8, 4) is 0 Å². The molecular formula is C21H23Cl2N3O5. The molecule has 2 saturated heterocycles. The fourth-order valence-corrected chi connectivity index (χ4v) is 4.58. The number of rotatable bonds is 4. The number of ether oxygens (including phenoxy) is 2. The molecule has 1 N–H and O–H groups in total. The lowest BCUT2D eigenvalue weighted by Gasteiger charge is -2.51. The minimum Gasteiger partial charge on any atom is -0.437 e. The first-order chi connectivity index (χ1) is 14.9. The molecule has 1 aromatic carbocycles. The van der Waals surface area contributed by atoms with Gasteiger partial charge in [0.1, 0.15) is 0 Å². The number of likely N-dealkylation sites (tertiary alicyclic amines) is 1. The Labute approximate surface area is 190 Å². The van der Waals surface area contributed by atoms with E-state index in [9.17, 15) is 14.4 Å². The number of nitrogens with one attached hydrogen (secondary N) is 1. The Hall–Kier alpha value is -2.13. The van der Waals surface area contributed by atoms with E-state index >= 15 is 0 Å². The maximum Gasteiger partial charge on any atom is 0.333 e. The van der Waals surface area contributed by atoms with Crippen molar-refractivity contribution in [3.05, 3.63) is 46.0 Å². The molecule has 2 atom stereocenters. The molecule has 8 nitrogen and oxygen atoms in total. The van der Waals surface area contributed by atoms with Gasteiger partial charge in [0.05, 0.1) is 23.0 Å². The van der Waals surface area contributed by atoms with Crippen molar-refractivity contribution in [2.75, 3.05) is 32.7 Å². The second-order valence-electron chi connectivity index (χ2n) is 7.82. The van der Waals surface area contributed by atoms with E-state index in [1.807, 2.05) is 0 Å². The molecule has 0 aliphatic carbocycles. The van der Waals surface area contributed by atoms with Crippen LogP contribution in [0.15, 0.2) is 30.4 Å². The van der Waals surface area contributed by atoms with E-state index in [1.54, 1.807) is 18.2 Å². The van der Waals surface area contributed by atoms with Crippen molar-refractivity contribution < 1.29 is 23.9 Å². The third-order valence-corrected chi connectivity index (χ3v) is 6.43. The summed E-state index contributed by atoms with van der Waals surface area (Å²) < 4.78 is 11.4. The first-order valence-corrected chi connectivity index (χ1v) is 10.9. The lowest BCUT2D eigenvalue weighted by molar-refractivity contribution is -0.240. The van der Waals surface area contributed by atoms with Crippen molar-refractivity contribution in [2.45, 2.75) is 31.2 Å². The molecule has 0 saturated carbocycles. The van der Waals surface area contributed by atoms with Crippen LogP contribution < -0.4 is 5.32 Å². The molecule has 1 amide bonds. The maximum atomic E-state index is 13.4. The monoisotopic (exact) mass is 467 g/mol. The Morgan fingerprint density at radius 2 is 1.84 bits per heavy atom. The Morgan fingerprint density at radius 1 is 1.10 bits per heavy atom. The maximum absolute atomic E-state index is 13.4. The molecule has 3 aliphatic heterocycles. The highest BCUT2D eigenvalue weighted by Crippen LogP contribution is 2.31. The van der Waals surface area contributed by atoms with Gasteiger partial charge in [-0.05, 0) is 43.6 Å². The summed E-state index contributed by atoms with van der Waals surface area (Å²) in [6.45, 7) is 2.53. The predicted octanol–water partition coefficient (Wildman–Crippen LogP) is 1.74. The third kappa shape index (κ3) is 4.72. The van der Waals surface area contributed by atoms with Gasteiger partial charge in [-0.1, -0.05) is 29.3 Å². The molecule has 3 aliphatic rings. The quantitative estimate of drug-likeness (QED) is 0.674. The lowest BCUT2D eigenvalue weighted by Crippen LogP contribution is -2.74. The first kappa shape index (κ1) is 22.1. The Balaban J connectivity index is 1.68. The summed E-state index contributed by atoms with van der Waals surface area (Å²) in [5.41, 5.74) is -0.798. The van der Waals surface area contributed by atoms with Gasteiger partial charge in [-0.2, -0.15) is 0 Å². The van der Waals surface area contributed by atoms with Gasteiger partial charge >= 0.3 is 11.9 Å². The molecule has 4 rings (SSSR count). The van der Waals surface area contributed by atoms with Gasteiger partial charge in [0.25, 0.3) is 5.72 Å². The van der Waals surface area contributed by atoms with Crippen LogP contribution in [0, 0.1) is 0 Å². The second kappa shape index (κ2) is 9.16. The van der Waals surface area contributed by atoms with E-state index in [0.29, 0.717) is 28.7 Å². The summed E-state index contributed by atoms with van der Waals surface area (Å²) in [7, 11) is 0. The van der Waals surface area contributed by atoms with Crippen LogP contribution in [0.3, 0.4) is 0 Å². The molecule has 2 fully saturated rings. The third-order valence-electron chi connectivity index (χ3n) is 5.69. The normalized spacial score (nSPS) is 27.7. The molecule has 2 unspecified atom stereocenters. The topological polar surface area (TPSA) is 88.2 Å². The molecule has 3 heterocycles. The van der Waals surface area contributed by atoms with E-state index < -0.39 is 23.9 Å². The van der Waals surface area contributed by atoms with Crippen LogP contribution in [0.2, 0.25) is 10.0 Å². The fraction of sp³-hybridized carbons (Fsp3) is 0.476. The van der Waals surface area contributed by atoms with Crippen LogP contribution >= 0.6 is 23.2 Å². The smallest absolute Gasteiger partial charge is 0.333 e. The molecule has 0 bridgehead atoms. The molecular weight excluding hydrogens is 445 g/mol. The van der Waals surface area contributed by atoms with Gasteiger partial charge in [0, 0.05) is 25.2 Å². The average molecular weight is 468 g/mol. The SMILES string of the molecule is O=C1/C=C\C(=O)OC2(CN3CCCC3)C(NCCN2C(=O)Cc2ccc(Cl)c(Cl)c2)O1. The highest BCUT2D eigenvalue weighted by molar-refractivity contribution is 6.42. The minimum absolute atomic E-state index is 0.0344. The number of carbonyl (C=O) groups excluding carboxylic acids is 3. The Morgan fingerprint density at radius 3 is 2.58 bits per heavy atom. The van der Waals surface area contributed by atoms with Gasteiger partial charge in [-0.25, -0.2) is 9.59 Å². The van der Waals surface area contributed by atoms with Crippen LogP contribution in [-0.4, -0.2) is 72.3 Å². The van der Waals surface area contributed by atoms with Crippen molar-refractivity contribution in [2.24, 2.45) is 0 Å². The zero-order valence-corrected chi connectivity index (χ0v) is 18.3. The fourth-order valence-electron chi connectivity index (χ4n) is 4.26. The number of benzene rings is 1. The number of nitrogens with zero attached hydrogens (tertiary/aromatic N) is 2. The number of carbonyl (C=O) groups is 3. The summed E-state index contributed by atoms with van der Waals surface area (Å²) in [5, 5.41) is 3.86. The summed E-state index contributed by atoms with van der Waals surface area (Å²) in [6, 6.07) is 5.00. The van der Waals surface area contributed by atoms with Crippen molar-refractivity contribution in [1.82, 2.24) is 15.1 Å². The number of piperazine rings is 1. The zero-order chi connectivity index (χ0) is 22.0.